The average molecular weight is 959 g/mol. The van der Waals surface area contributed by atoms with Crippen LogP contribution in [0.2, 0.25) is 0 Å². The number of halogens is 5. The Hall–Kier alpha value is -4.05. The third-order valence-corrected chi connectivity index (χ3v) is 12.0. The van der Waals surface area contributed by atoms with Crippen LogP contribution in [0.4, 0.5) is 13.2 Å². The number of rotatable bonds is 12. The first-order valence-corrected chi connectivity index (χ1v) is 22.2. The molecule has 5 aromatic rings. The number of aryl methyl sites for hydroxylation is 1. The molecule has 1 fully saturated rings. The summed E-state index contributed by atoms with van der Waals surface area (Å²) in [4.78, 5) is 29.8. The fourth-order valence-electron chi connectivity index (χ4n) is 6.36. The summed E-state index contributed by atoms with van der Waals surface area (Å²) in [6, 6.07) is 25.0. The van der Waals surface area contributed by atoms with Gasteiger partial charge in [-0.2, -0.15) is 13.2 Å². The van der Waals surface area contributed by atoms with Crippen molar-refractivity contribution < 1.29 is 41.6 Å². The van der Waals surface area contributed by atoms with Crippen molar-refractivity contribution >= 4 is 62.2 Å². The number of nitrogens with one attached hydrogen (secondary N) is 1. The van der Waals surface area contributed by atoms with E-state index in [1.807, 2.05) is 114 Å². The van der Waals surface area contributed by atoms with Gasteiger partial charge in [-0.15, -0.1) is 0 Å². The fourth-order valence-corrected chi connectivity index (χ4v) is 6.87. The molecule has 3 aromatic carbocycles. The topological polar surface area (TPSA) is 114 Å². The van der Waals surface area contributed by atoms with Crippen LogP contribution in [0, 0.1) is 6.92 Å². The standard InChI is InChI=1S/C16H23BO4.C13H11BrF3NO.C13H12ClNO.C6H15N/c1-14(2,13(18)19)11-8-7-9-12(10-11)17-20-15(3,4)16(5,6)21-17;14-10-3-1-9(2-4-10)7-18-8-11-5-6-12(19-11)13(15,16)17;1-3-10-8(2)12(13(14)16)9-6-4-5-7-11(9)15-10;1-4-7(5-2)6-3/h7-10H,1-6H3,(H,18,19);1-6,18H,7-8H2;4-7H,3H2,1-2H3;4-6H2,1-3H3. The van der Waals surface area contributed by atoms with Crippen molar-refractivity contribution in [2.75, 3.05) is 19.6 Å². The number of nitrogens with zero attached hydrogens (tertiary/aromatic N) is 2. The Morgan fingerprint density at radius 3 is 1.94 bits per heavy atom. The summed E-state index contributed by atoms with van der Waals surface area (Å²) in [5.74, 6) is -1.55. The molecular weight excluding hydrogens is 898 g/mol. The highest BCUT2D eigenvalue weighted by Crippen LogP contribution is 2.37. The minimum absolute atomic E-state index is 0.256. The molecular formula is C48H61BBrClF3N3O6. The van der Waals surface area contributed by atoms with Gasteiger partial charge in [0, 0.05) is 27.7 Å². The van der Waals surface area contributed by atoms with E-state index in [1.54, 1.807) is 13.8 Å². The first-order chi connectivity index (χ1) is 29.4. The van der Waals surface area contributed by atoms with Gasteiger partial charge in [0.2, 0.25) is 5.76 Å². The largest absolute Gasteiger partial charge is 0.494 e. The SMILES string of the molecule is CC(C)(C(=O)O)c1cccc(B2OC(C)(C)C(C)(C)O2)c1.CCN(CC)CC.CCc1nc2ccccc2c(C(=O)Cl)c1C.FC(F)(F)c1ccc(CNCc2ccc(Br)cc2)o1. The van der Waals surface area contributed by atoms with Crippen molar-refractivity contribution in [3.05, 3.63) is 129 Å². The van der Waals surface area contributed by atoms with Crippen molar-refractivity contribution in [2.45, 2.75) is 118 Å². The second kappa shape index (κ2) is 23.2. The van der Waals surface area contributed by atoms with Crippen LogP contribution in [0.15, 0.2) is 93.8 Å². The molecule has 0 radical (unpaired) electrons. The van der Waals surface area contributed by atoms with E-state index in [9.17, 15) is 27.9 Å². The molecule has 1 saturated heterocycles. The van der Waals surface area contributed by atoms with Gasteiger partial charge in [-0.3, -0.25) is 14.6 Å². The number of benzene rings is 3. The number of aliphatic carboxylic acids is 1. The Morgan fingerprint density at radius 1 is 0.857 bits per heavy atom. The summed E-state index contributed by atoms with van der Waals surface area (Å²) in [7, 11) is -0.473. The molecule has 15 heteroatoms. The number of carboxylic acids is 1. The van der Waals surface area contributed by atoms with Crippen LogP contribution in [0.1, 0.15) is 114 Å². The summed E-state index contributed by atoms with van der Waals surface area (Å²) in [5, 5.41) is 12.8. The second-order valence-corrected chi connectivity index (χ2v) is 17.7. The Bertz CT molecular complexity index is 2240. The van der Waals surface area contributed by atoms with Gasteiger partial charge in [0.05, 0.1) is 28.7 Å². The van der Waals surface area contributed by atoms with E-state index in [-0.39, 0.29) is 12.3 Å². The van der Waals surface area contributed by atoms with E-state index < -0.39 is 46.9 Å². The molecule has 342 valence electrons. The molecule has 63 heavy (non-hydrogen) atoms. The third-order valence-electron chi connectivity index (χ3n) is 11.3. The molecule has 6 rings (SSSR count). The van der Waals surface area contributed by atoms with E-state index >= 15 is 0 Å². The van der Waals surface area contributed by atoms with E-state index in [2.05, 4.69) is 51.9 Å². The molecule has 9 nitrogen and oxygen atoms in total. The van der Waals surface area contributed by atoms with Gasteiger partial charge < -0.3 is 29.0 Å². The average Bonchev–Trinajstić information content (AvgIpc) is 3.80. The number of carbonyl (C=O) groups excluding carboxylic acids is 1. The lowest BCUT2D eigenvalue weighted by Gasteiger charge is -2.32. The lowest BCUT2D eigenvalue weighted by molar-refractivity contribution is -0.153. The molecule has 0 saturated carbocycles. The van der Waals surface area contributed by atoms with Gasteiger partial charge in [-0.1, -0.05) is 98.2 Å². The molecule has 0 aliphatic carbocycles. The van der Waals surface area contributed by atoms with Crippen molar-refractivity contribution in [2.24, 2.45) is 0 Å². The predicted molar refractivity (Wildman–Crippen MR) is 251 cm³/mol. The van der Waals surface area contributed by atoms with Gasteiger partial charge in [0.1, 0.15) is 5.76 Å². The maximum atomic E-state index is 12.3. The molecule has 0 amide bonds. The molecule has 2 aromatic heterocycles. The summed E-state index contributed by atoms with van der Waals surface area (Å²) in [6.07, 6.45) is -3.63. The number of para-hydroxylation sites is 1. The van der Waals surface area contributed by atoms with Crippen molar-refractivity contribution in [1.82, 2.24) is 15.2 Å². The number of furan rings is 1. The smallest absolute Gasteiger partial charge is 0.481 e. The normalized spacial score (nSPS) is 14.3. The molecule has 0 bridgehead atoms. The third kappa shape index (κ3) is 14.7. The van der Waals surface area contributed by atoms with Gasteiger partial charge in [-0.05, 0) is 139 Å². The lowest BCUT2D eigenvalue weighted by atomic mass is 9.75. The van der Waals surface area contributed by atoms with Gasteiger partial charge in [0.15, 0.2) is 0 Å². The summed E-state index contributed by atoms with van der Waals surface area (Å²) in [6.45, 7) is 26.2. The predicted octanol–water partition coefficient (Wildman–Crippen LogP) is 11.5. The summed E-state index contributed by atoms with van der Waals surface area (Å²) >= 11 is 8.98. The van der Waals surface area contributed by atoms with Crippen molar-refractivity contribution in [3.8, 4) is 0 Å². The number of pyridine rings is 1. The molecule has 0 unspecified atom stereocenters. The molecule has 0 atom stereocenters. The zero-order chi connectivity index (χ0) is 47.3. The molecule has 1 aliphatic rings. The van der Waals surface area contributed by atoms with Gasteiger partial charge in [0.25, 0.3) is 5.24 Å². The minimum atomic E-state index is -4.43. The van der Waals surface area contributed by atoms with Crippen molar-refractivity contribution in [1.29, 1.82) is 0 Å². The van der Waals surface area contributed by atoms with Crippen LogP contribution in [-0.4, -0.2) is 64.2 Å². The maximum Gasteiger partial charge on any atom is 0.494 e. The number of alkyl halides is 3. The zero-order valence-electron chi connectivity index (χ0n) is 38.2. The second-order valence-electron chi connectivity index (χ2n) is 16.5. The van der Waals surface area contributed by atoms with Crippen LogP contribution >= 0.6 is 27.5 Å². The Kier molecular flexibility index (Phi) is 19.7. The van der Waals surface area contributed by atoms with E-state index in [1.165, 1.54) is 25.7 Å². The van der Waals surface area contributed by atoms with Crippen LogP contribution in [0.5, 0.6) is 0 Å². The highest BCUT2D eigenvalue weighted by atomic mass is 79.9. The molecule has 1 aliphatic heterocycles. The van der Waals surface area contributed by atoms with Crippen molar-refractivity contribution in [3.63, 3.8) is 0 Å². The number of carbonyl (C=O) groups is 2. The number of aromatic nitrogens is 1. The van der Waals surface area contributed by atoms with E-state index in [0.717, 1.165) is 55.7 Å². The van der Waals surface area contributed by atoms with Gasteiger partial charge >= 0.3 is 19.3 Å². The van der Waals surface area contributed by atoms with E-state index in [4.69, 9.17) is 25.3 Å². The highest BCUT2D eigenvalue weighted by Gasteiger charge is 2.52. The maximum absolute atomic E-state index is 12.3. The molecule has 3 heterocycles. The summed E-state index contributed by atoms with van der Waals surface area (Å²) < 4.78 is 54.6. The first-order valence-electron chi connectivity index (χ1n) is 21.0. The van der Waals surface area contributed by atoms with Crippen LogP contribution in [0.3, 0.4) is 0 Å². The molecule has 2 N–H and O–H groups in total. The van der Waals surface area contributed by atoms with Crippen LogP contribution in [0.25, 0.3) is 10.9 Å². The first kappa shape index (κ1) is 53.3. The number of carboxylic acid groups (broad SMARTS) is 1. The summed E-state index contributed by atoms with van der Waals surface area (Å²) in [5.41, 5.74) is 4.11. The highest BCUT2D eigenvalue weighted by molar-refractivity contribution is 9.10. The van der Waals surface area contributed by atoms with Crippen LogP contribution < -0.4 is 10.8 Å². The number of hydrogen-bond donors (Lipinski definition) is 2. The number of hydrogen-bond acceptors (Lipinski definition) is 8. The Labute approximate surface area is 384 Å². The lowest BCUT2D eigenvalue weighted by Crippen LogP contribution is -2.41. The zero-order valence-corrected chi connectivity index (χ0v) is 40.5. The van der Waals surface area contributed by atoms with E-state index in [0.29, 0.717) is 12.1 Å². The molecule has 0 spiro atoms. The van der Waals surface area contributed by atoms with Crippen LogP contribution in [-0.2, 0) is 45.2 Å². The van der Waals surface area contributed by atoms with Gasteiger partial charge in [-0.25, -0.2) is 0 Å². The minimum Gasteiger partial charge on any atom is -0.481 e. The fraction of sp³-hybridized carbons (Fsp3) is 0.438. The monoisotopic (exact) mass is 957 g/mol. The quantitative estimate of drug-likeness (QED) is 0.0932. The number of fused-ring (bicyclic) bond motifs is 1. The Balaban J connectivity index is 0.000000235. The Morgan fingerprint density at radius 2 is 1.44 bits per heavy atom.